The Labute approximate surface area is 134 Å². The molecule has 1 heterocycles. The van der Waals surface area contributed by atoms with Gasteiger partial charge in [-0.2, -0.15) is 0 Å². The summed E-state index contributed by atoms with van der Waals surface area (Å²) in [4.78, 5) is 22.2. The molecular weight excluding hydrogens is 304 g/mol. The predicted octanol–water partition coefficient (Wildman–Crippen LogP) is 1.55. The molecule has 1 saturated heterocycles. The topological polar surface area (TPSA) is 94.5 Å². The number of ether oxygens (including phenoxy) is 2. The molecule has 0 radical (unpaired) electrons. The lowest BCUT2D eigenvalue weighted by molar-refractivity contribution is -0.466. The maximum absolute atomic E-state index is 12.0. The minimum Gasteiger partial charge on any atom is -0.504 e. The summed E-state index contributed by atoms with van der Waals surface area (Å²) in [6.45, 7) is 3.30. The van der Waals surface area contributed by atoms with E-state index in [0.717, 1.165) is 5.56 Å². The highest BCUT2D eigenvalue weighted by atomic mass is 17.2. The Kier molecular flexibility index (Phi) is 5.46. The Morgan fingerprint density at radius 1 is 1.48 bits per heavy atom. The van der Waals surface area contributed by atoms with E-state index in [1.807, 2.05) is 0 Å². The van der Waals surface area contributed by atoms with Crippen molar-refractivity contribution in [2.45, 2.75) is 38.6 Å². The van der Waals surface area contributed by atoms with Crippen LogP contribution in [0.4, 0.5) is 0 Å². The summed E-state index contributed by atoms with van der Waals surface area (Å²) in [6.07, 6.45) is 0.261. The van der Waals surface area contributed by atoms with Crippen LogP contribution in [0.2, 0.25) is 0 Å². The largest absolute Gasteiger partial charge is 0.504 e. The van der Waals surface area contributed by atoms with E-state index in [1.165, 1.54) is 20.1 Å². The standard InChI is InChI=1S/C16H22O7/c1-4-21-15(18)12-9-11(22-23-16(12,2)19)7-10-5-6-13(17)14(8-10)20-3/h5-6,8,11-12,17,19H,4,7,9H2,1-3H3. The van der Waals surface area contributed by atoms with E-state index in [1.54, 1.807) is 19.1 Å². The number of hydrogen-bond donors (Lipinski definition) is 2. The number of hydrogen-bond acceptors (Lipinski definition) is 7. The SMILES string of the molecule is CCOC(=O)C1CC(Cc2ccc(O)c(OC)c2)OOC1(C)O. The lowest BCUT2D eigenvalue weighted by Gasteiger charge is -2.37. The molecule has 0 bridgehead atoms. The van der Waals surface area contributed by atoms with Gasteiger partial charge in [0.2, 0.25) is 5.79 Å². The predicted molar refractivity (Wildman–Crippen MR) is 79.7 cm³/mol. The van der Waals surface area contributed by atoms with E-state index in [4.69, 9.17) is 19.2 Å². The van der Waals surface area contributed by atoms with Gasteiger partial charge in [0.25, 0.3) is 0 Å². The van der Waals surface area contributed by atoms with Crippen LogP contribution in [0.15, 0.2) is 18.2 Å². The van der Waals surface area contributed by atoms with Crippen LogP contribution in [0, 0.1) is 5.92 Å². The fourth-order valence-corrected chi connectivity index (χ4v) is 2.53. The maximum atomic E-state index is 12.0. The Hall–Kier alpha value is -1.83. The summed E-state index contributed by atoms with van der Waals surface area (Å²) in [6, 6.07) is 4.94. The van der Waals surface area contributed by atoms with Gasteiger partial charge in [0.15, 0.2) is 11.5 Å². The summed E-state index contributed by atoms with van der Waals surface area (Å²) in [5, 5.41) is 19.7. The summed E-state index contributed by atoms with van der Waals surface area (Å²) < 4.78 is 10.0. The molecular formula is C16H22O7. The molecule has 2 rings (SSSR count). The fraction of sp³-hybridized carbons (Fsp3) is 0.562. The summed E-state index contributed by atoms with van der Waals surface area (Å²) in [5.74, 6) is -2.68. The van der Waals surface area contributed by atoms with Gasteiger partial charge in [-0.05, 0) is 38.0 Å². The van der Waals surface area contributed by atoms with Gasteiger partial charge in [-0.15, -0.1) is 0 Å². The number of aliphatic hydroxyl groups is 1. The molecule has 7 heteroatoms. The van der Waals surface area contributed by atoms with E-state index in [0.29, 0.717) is 12.2 Å². The molecule has 7 nitrogen and oxygen atoms in total. The number of esters is 1. The number of benzene rings is 1. The molecule has 2 N–H and O–H groups in total. The molecule has 0 aliphatic carbocycles. The Bertz CT molecular complexity index is 555. The Morgan fingerprint density at radius 2 is 2.22 bits per heavy atom. The molecule has 0 amide bonds. The smallest absolute Gasteiger partial charge is 0.314 e. The van der Waals surface area contributed by atoms with Crippen molar-refractivity contribution in [2.24, 2.45) is 5.92 Å². The van der Waals surface area contributed by atoms with Crippen LogP contribution in [-0.2, 0) is 25.7 Å². The van der Waals surface area contributed by atoms with E-state index in [9.17, 15) is 15.0 Å². The first-order valence-corrected chi connectivity index (χ1v) is 7.46. The van der Waals surface area contributed by atoms with Gasteiger partial charge in [0, 0.05) is 6.42 Å². The number of phenolic OH excluding ortho intramolecular Hbond substituents is 1. The van der Waals surface area contributed by atoms with E-state index < -0.39 is 23.8 Å². The van der Waals surface area contributed by atoms with Gasteiger partial charge in [0.05, 0.1) is 19.8 Å². The molecule has 23 heavy (non-hydrogen) atoms. The molecule has 0 spiro atoms. The third-order valence-corrected chi connectivity index (χ3v) is 3.78. The molecule has 1 aromatic rings. The first-order valence-electron chi connectivity index (χ1n) is 7.46. The highest BCUT2D eigenvalue weighted by Gasteiger charge is 2.46. The van der Waals surface area contributed by atoms with Gasteiger partial charge >= 0.3 is 5.97 Å². The molecule has 0 saturated carbocycles. The summed E-state index contributed by atoms with van der Waals surface area (Å²) in [5.41, 5.74) is 0.845. The van der Waals surface area contributed by atoms with Gasteiger partial charge in [-0.3, -0.25) is 4.79 Å². The second kappa shape index (κ2) is 7.16. The molecule has 1 fully saturated rings. The first kappa shape index (κ1) is 17.5. The van der Waals surface area contributed by atoms with Crippen LogP contribution in [0.1, 0.15) is 25.8 Å². The first-order chi connectivity index (χ1) is 10.9. The number of aromatic hydroxyl groups is 1. The minimum atomic E-state index is -1.73. The van der Waals surface area contributed by atoms with E-state index >= 15 is 0 Å². The number of rotatable bonds is 5. The lowest BCUT2D eigenvalue weighted by Crippen LogP contribution is -2.50. The fourth-order valence-electron chi connectivity index (χ4n) is 2.53. The van der Waals surface area contributed by atoms with Crippen molar-refractivity contribution in [3.05, 3.63) is 23.8 Å². The van der Waals surface area contributed by atoms with Crippen molar-refractivity contribution < 1.29 is 34.3 Å². The number of carbonyl (C=O) groups is 1. The summed E-state index contributed by atoms with van der Waals surface area (Å²) >= 11 is 0. The Morgan fingerprint density at radius 3 is 2.87 bits per heavy atom. The second-order valence-corrected chi connectivity index (χ2v) is 5.61. The van der Waals surface area contributed by atoms with Crippen LogP contribution < -0.4 is 4.74 Å². The molecule has 1 aliphatic heterocycles. The third-order valence-electron chi connectivity index (χ3n) is 3.78. The number of phenols is 1. The monoisotopic (exact) mass is 326 g/mol. The average molecular weight is 326 g/mol. The quantitative estimate of drug-likeness (QED) is 0.626. The normalized spacial score (nSPS) is 27.5. The number of methoxy groups -OCH3 is 1. The van der Waals surface area contributed by atoms with Crippen LogP contribution >= 0.6 is 0 Å². The van der Waals surface area contributed by atoms with Gasteiger partial charge in [-0.1, -0.05) is 6.07 Å². The molecule has 1 aliphatic rings. The van der Waals surface area contributed by atoms with Crippen molar-refractivity contribution in [1.82, 2.24) is 0 Å². The van der Waals surface area contributed by atoms with Crippen LogP contribution in [-0.4, -0.2) is 41.8 Å². The minimum absolute atomic E-state index is 0.0457. The molecule has 1 aromatic carbocycles. The zero-order valence-corrected chi connectivity index (χ0v) is 13.4. The average Bonchev–Trinajstić information content (AvgIpc) is 2.51. The Balaban J connectivity index is 2.08. The third kappa shape index (κ3) is 4.13. The molecule has 128 valence electrons. The van der Waals surface area contributed by atoms with Crippen molar-refractivity contribution in [3.8, 4) is 11.5 Å². The highest BCUT2D eigenvalue weighted by molar-refractivity contribution is 5.73. The number of carbonyl (C=O) groups excluding carboxylic acids is 1. The summed E-state index contributed by atoms with van der Waals surface area (Å²) in [7, 11) is 1.47. The van der Waals surface area contributed by atoms with Crippen LogP contribution in [0.25, 0.3) is 0 Å². The van der Waals surface area contributed by atoms with Crippen molar-refractivity contribution in [2.75, 3.05) is 13.7 Å². The molecule has 3 atom stereocenters. The van der Waals surface area contributed by atoms with Crippen molar-refractivity contribution >= 4 is 5.97 Å². The van der Waals surface area contributed by atoms with Gasteiger partial charge in [-0.25, -0.2) is 9.78 Å². The maximum Gasteiger partial charge on any atom is 0.314 e. The second-order valence-electron chi connectivity index (χ2n) is 5.61. The molecule has 3 unspecified atom stereocenters. The van der Waals surface area contributed by atoms with Crippen molar-refractivity contribution in [3.63, 3.8) is 0 Å². The van der Waals surface area contributed by atoms with E-state index in [-0.39, 0.29) is 18.8 Å². The van der Waals surface area contributed by atoms with Crippen LogP contribution in [0.3, 0.4) is 0 Å². The van der Waals surface area contributed by atoms with Crippen molar-refractivity contribution in [1.29, 1.82) is 0 Å². The molecule has 0 aromatic heterocycles. The zero-order chi connectivity index (χ0) is 17.0. The van der Waals surface area contributed by atoms with Gasteiger partial charge in [0.1, 0.15) is 5.92 Å². The zero-order valence-electron chi connectivity index (χ0n) is 13.4. The van der Waals surface area contributed by atoms with E-state index in [2.05, 4.69) is 0 Å². The van der Waals surface area contributed by atoms with Crippen LogP contribution in [0.5, 0.6) is 11.5 Å². The highest BCUT2D eigenvalue weighted by Crippen LogP contribution is 2.34. The van der Waals surface area contributed by atoms with Gasteiger partial charge < -0.3 is 19.7 Å². The lowest BCUT2D eigenvalue weighted by atomic mass is 9.90.